The molecule has 28 heavy (non-hydrogen) atoms. The molecule has 0 aliphatic carbocycles. The lowest BCUT2D eigenvalue weighted by molar-refractivity contribution is 0.0914. The van der Waals surface area contributed by atoms with Gasteiger partial charge < -0.3 is 4.74 Å². The van der Waals surface area contributed by atoms with Crippen molar-refractivity contribution in [2.24, 2.45) is 0 Å². The minimum Gasteiger partial charge on any atom is -0.376 e. The number of hydrogen-bond acceptors (Lipinski definition) is 4. The lowest BCUT2D eigenvalue weighted by Crippen LogP contribution is -2.38. The Labute approximate surface area is 175 Å². The molecule has 1 aliphatic heterocycles. The Morgan fingerprint density at radius 2 is 2.04 bits per heavy atom. The van der Waals surface area contributed by atoms with Crippen molar-refractivity contribution in [2.75, 3.05) is 18.1 Å². The van der Waals surface area contributed by atoms with Crippen LogP contribution in [0.4, 0.5) is 9.52 Å². The van der Waals surface area contributed by atoms with Gasteiger partial charge in [0.25, 0.3) is 5.91 Å². The minimum absolute atomic E-state index is 0.0425. The third-order valence-corrected chi connectivity index (χ3v) is 6.01. The number of rotatable bonds is 5. The predicted molar refractivity (Wildman–Crippen MR) is 112 cm³/mol. The number of aromatic nitrogens is 1. The van der Waals surface area contributed by atoms with E-state index >= 15 is 0 Å². The quantitative estimate of drug-likeness (QED) is 0.501. The van der Waals surface area contributed by atoms with Crippen LogP contribution in [0.2, 0.25) is 0 Å². The van der Waals surface area contributed by atoms with E-state index in [1.165, 1.54) is 23.5 Å². The number of carbonyl (C=O) groups excluding carboxylic acids is 1. The molecule has 3 aromatic rings. The molecule has 0 N–H and O–H groups in total. The first-order chi connectivity index (χ1) is 13.6. The van der Waals surface area contributed by atoms with E-state index in [1.54, 1.807) is 17.0 Å². The van der Waals surface area contributed by atoms with Gasteiger partial charge >= 0.3 is 0 Å². The first-order valence-electron chi connectivity index (χ1n) is 9.01. The Bertz CT molecular complexity index is 971. The third kappa shape index (κ3) is 4.16. The topological polar surface area (TPSA) is 42.4 Å². The van der Waals surface area contributed by atoms with E-state index in [0.29, 0.717) is 18.3 Å². The molecule has 0 radical (unpaired) electrons. The summed E-state index contributed by atoms with van der Waals surface area (Å²) in [4.78, 5) is 19.3. The van der Waals surface area contributed by atoms with Crippen molar-refractivity contribution < 1.29 is 13.9 Å². The summed E-state index contributed by atoms with van der Waals surface area (Å²) in [5, 5.41) is 2.46. The van der Waals surface area contributed by atoms with Crippen LogP contribution in [0.5, 0.6) is 0 Å². The maximum atomic E-state index is 14.2. The largest absolute Gasteiger partial charge is 0.376 e. The molecule has 1 fully saturated rings. The SMILES string of the molecule is O=C(c1ccccc1F)N(CC1CCCO1)c1nc(-c2ccc(Br)cc2)cs1. The summed E-state index contributed by atoms with van der Waals surface area (Å²) < 4.78 is 20.9. The highest BCUT2D eigenvalue weighted by Gasteiger charge is 2.28. The minimum atomic E-state index is -0.533. The molecule has 0 bridgehead atoms. The monoisotopic (exact) mass is 460 g/mol. The first kappa shape index (κ1) is 19.2. The summed E-state index contributed by atoms with van der Waals surface area (Å²) in [6.07, 6.45) is 1.79. The molecule has 1 atom stereocenters. The highest BCUT2D eigenvalue weighted by molar-refractivity contribution is 9.10. The molecule has 0 spiro atoms. The highest BCUT2D eigenvalue weighted by atomic mass is 79.9. The molecule has 144 valence electrons. The van der Waals surface area contributed by atoms with Crippen LogP contribution < -0.4 is 4.90 Å². The summed E-state index contributed by atoms with van der Waals surface area (Å²) in [5.41, 5.74) is 1.79. The van der Waals surface area contributed by atoms with Gasteiger partial charge in [-0.3, -0.25) is 9.69 Å². The fourth-order valence-electron chi connectivity index (χ4n) is 3.16. The van der Waals surface area contributed by atoms with Gasteiger partial charge in [-0.05, 0) is 37.1 Å². The normalized spacial score (nSPS) is 16.3. The van der Waals surface area contributed by atoms with Gasteiger partial charge in [0, 0.05) is 22.0 Å². The van der Waals surface area contributed by atoms with Gasteiger partial charge in [-0.2, -0.15) is 0 Å². The van der Waals surface area contributed by atoms with Gasteiger partial charge in [0.2, 0.25) is 0 Å². The van der Waals surface area contributed by atoms with Gasteiger partial charge in [0.15, 0.2) is 5.13 Å². The Morgan fingerprint density at radius 1 is 1.25 bits per heavy atom. The molecule has 1 aliphatic rings. The van der Waals surface area contributed by atoms with Gasteiger partial charge in [-0.15, -0.1) is 11.3 Å². The van der Waals surface area contributed by atoms with E-state index in [9.17, 15) is 9.18 Å². The molecule has 4 rings (SSSR count). The molecule has 2 aromatic carbocycles. The summed E-state index contributed by atoms with van der Waals surface area (Å²) in [6.45, 7) is 1.05. The number of ether oxygens (including phenoxy) is 1. The van der Waals surface area contributed by atoms with Gasteiger partial charge in [-0.1, -0.05) is 40.2 Å². The van der Waals surface area contributed by atoms with Crippen LogP contribution in [-0.4, -0.2) is 30.1 Å². The number of halogens is 2. The van der Waals surface area contributed by atoms with E-state index in [2.05, 4.69) is 20.9 Å². The van der Waals surface area contributed by atoms with Gasteiger partial charge in [0.05, 0.1) is 23.9 Å². The standard InChI is InChI=1S/C21H18BrFN2O2S/c22-15-9-7-14(8-10-15)19-13-28-21(24-19)25(12-16-4-3-11-27-16)20(26)17-5-1-2-6-18(17)23/h1-2,5-10,13,16H,3-4,11-12H2. The molecular formula is C21H18BrFN2O2S. The maximum Gasteiger partial charge on any atom is 0.263 e. The van der Waals surface area contributed by atoms with Crippen LogP contribution in [0.25, 0.3) is 11.3 Å². The van der Waals surface area contributed by atoms with Crippen molar-refractivity contribution in [3.63, 3.8) is 0 Å². The Kier molecular flexibility index (Phi) is 5.85. The smallest absolute Gasteiger partial charge is 0.263 e. The zero-order valence-corrected chi connectivity index (χ0v) is 17.4. The van der Waals surface area contributed by atoms with Gasteiger partial charge in [0.1, 0.15) is 5.82 Å². The number of benzene rings is 2. The molecule has 1 saturated heterocycles. The Balaban J connectivity index is 1.66. The van der Waals surface area contributed by atoms with Crippen LogP contribution >= 0.6 is 27.3 Å². The molecular weight excluding hydrogens is 443 g/mol. The van der Waals surface area contributed by atoms with E-state index in [-0.39, 0.29) is 11.7 Å². The van der Waals surface area contributed by atoms with Crippen molar-refractivity contribution in [3.05, 3.63) is 69.8 Å². The number of thiazole rings is 1. The molecule has 2 heterocycles. The molecule has 0 saturated carbocycles. The first-order valence-corrected chi connectivity index (χ1v) is 10.7. The number of hydrogen-bond donors (Lipinski definition) is 0. The highest BCUT2D eigenvalue weighted by Crippen LogP contribution is 2.30. The number of amides is 1. The van der Waals surface area contributed by atoms with E-state index in [4.69, 9.17) is 4.74 Å². The summed E-state index contributed by atoms with van der Waals surface area (Å²) >= 11 is 4.80. The van der Waals surface area contributed by atoms with Crippen LogP contribution in [0.1, 0.15) is 23.2 Å². The lowest BCUT2D eigenvalue weighted by atomic mass is 10.1. The van der Waals surface area contributed by atoms with Gasteiger partial charge in [-0.25, -0.2) is 9.37 Å². The van der Waals surface area contributed by atoms with Crippen molar-refractivity contribution in [2.45, 2.75) is 18.9 Å². The number of nitrogens with zero attached hydrogens (tertiary/aromatic N) is 2. The second kappa shape index (κ2) is 8.51. The molecule has 4 nitrogen and oxygen atoms in total. The van der Waals surface area contributed by atoms with Crippen molar-refractivity contribution in [1.82, 2.24) is 4.98 Å². The van der Waals surface area contributed by atoms with Crippen molar-refractivity contribution in [1.29, 1.82) is 0 Å². The fraction of sp³-hybridized carbons (Fsp3) is 0.238. The second-order valence-corrected chi connectivity index (χ2v) is 8.31. The zero-order chi connectivity index (χ0) is 19.5. The average molecular weight is 461 g/mol. The zero-order valence-electron chi connectivity index (χ0n) is 15.0. The predicted octanol–water partition coefficient (Wildman–Crippen LogP) is 5.54. The number of carbonyl (C=O) groups is 1. The fourth-order valence-corrected chi connectivity index (χ4v) is 4.27. The third-order valence-electron chi connectivity index (χ3n) is 4.62. The lowest BCUT2D eigenvalue weighted by Gasteiger charge is -2.23. The van der Waals surface area contributed by atoms with Crippen LogP contribution in [0, 0.1) is 5.82 Å². The van der Waals surface area contributed by atoms with E-state index in [0.717, 1.165) is 28.6 Å². The average Bonchev–Trinajstić information content (AvgIpc) is 3.39. The van der Waals surface area contributed by atoms with Crippen molar-refractivity contribution >= 4 is 38.3 Å². The van der Waals surface area contributed by atoms with Crippen LogP contribution in [-0.2, 0) is 4.74 Å². The van der Waals surface area contributed by atoms with E-state index in [1.807, 2.05) is 29.6 Å². The molecule has 1 amide bonds. The summed E-state index contributed by atoms with van der Waals surface area (Å²) in [5.74, 6) is -0.931. The maximum absolute atomic E-state index is 14.2. The summed E-state index contributed by atoms with van der Waals surface area (Å²) in [7, 11) is 0. The second-order valence-electron chi connectivity index (χ2n) is 6.55. The Morgan fingerprint density at radius 3 is 2.75 bits per heavy atom. The van der Waals surface area contributed by atoms with Crippen LogP contribution in [0.3, 0.4) is 0 Å². The Hall–Kier alpha value is -2.09. The molecule has 1 unspecified atom stereocenters. The molecule has 7 heteroatoms. The number of anilines is 1. The molecule has 1 aromatic heterocycles. The summed E-state index contributed by atoms with van der Waals surface area (Å²) in [6, 6.07) is 13.9. The van der Waals surface area contributed by atoms with E-state index < -0.39 is 11.7 Å². The van der Waals surface area contributed by atoms with Crippen molar-refractivity contribution in [3.8, 4) is 11.3 Å². The van der Waals surface area contributed by atoms with Crippen LogP contribution in [0.15, 0.2) is 58.4 Å².